The van der Waals surface area contributed by atoms with Gasteiger partial charge in [0.1, 0.15) is 11.4 Å². The zero-order valence-corrected chi connectivity index (χ0v) is 19.4. The van der Waals surface area contributed by atoms with Crippen LogP contribution >= 0.6 is 11.8 Å². The van der Waals surface area contributed by atoms with Crippen LogP contribution in [-0.4, -0.2) is 60.0 Å². The average Bonchev–Trinajstić information content (AvgIpc) is 3.27. The Balaban J connectivity index is 2.00. The number of nitrogens with zero attached hydrogens (tertiary/aromatic N) is 5. The monoisotopic (exact) mass is 588 g/mol. The number of alkyl halides is 7. The van der Waals surface area contributed by atoms with Gasteiger partial charge >= 0.3 is 18.0 Å². The fourth-order valence-corrected chi connectivity index (χ4v) is 3.84. The van der Waals surface area contributed by atoms with E-state index in [0.29, 0.717) is 17.8 Å². The van der Waals surface area contributed by atoms with E-state index in [4.69, 9.17) is 5.11 Å². The molecule has 210 valence electrons. The summed E-state index contributed by atoms with van der Waals surface area (Å²) in [6.07, 6.45) is -6.73. The first-order valence-electron chi connectivity index (χ1n) is 10.0. The highest BCUT2D eigenvalue weighted by Gasteiger charge is 2.73. The van der Waals surface area contributed by atoms with Crippen LogP contribution in [0.3, 0.4) is 0 Å². The van der Waals surface area contributed by atoms with Crippen LogP contribution in [0.5, 0.6) is 5.75 Å². The molecule has 0 spiro atoms. The zero-order valence-electron chi connectivity index (χ0n) is 18.6. The summed E-state index contributed by atoms with van der Waals surface area (Å²) in [5, 5.41) is 42.5. The van der Waals surface area contributed by atoms with Gasteiger partial charge in [-0.05, 0) is 40.4 Å². The number of amides is 1. The maximum absolute atomic E-state index is 14.6. The number of aromatic hydroxyl groups is 1. The molecule has 0 aliphatic carbocycles. The first-order chi connectivity index (χ1) is 18.0. The van der Waals surface area contributed by atoms with E-state index >= 15 is 0 Å². The molecule has 0 unspecified atom stereocenters. The quantitative estimate of drug-likeness (QED) is 0.145. The van der Waals surface area contributed by atoms with Crippen LogP contribution in [0.25, 0.3) is 0 Å². The molecular formula is C19H12F8N6O5S. The average molecular weight is 588 g/mol. The molecule has 11 nitrogen and oxygen atoms in total. The highest BCUT2D eigenvalue weighted by atomic mass is 32.2. The van der Waals surface area contributed by atoms with E-state index in [0.717, 1.165) is 16.8 Å². The third kappa shape index (κ3) is 5.70. The van der Waals surface area contributed by atoms with Crippen molar-refractivity contribution in [3.05, 3.63) is 57.4 Å². The van der Waals surface area contributed by atoms with E-state index in [-0.39, 0.29) is 22.7 Å². The van der Waals surface area contributed by atoms with Crippen molar-refractivity contribution in [1.82, 2.24) is 20.2 Å². The molecule has 0 fully saturated rings. The van der Waals surface area contributed by atoms with Gasteiger partial charge in [-0.2, -0.15) is 30.7 Å². The molecule has 2 aromatic carbocycles. The summed E-state index contributed by atoms with van der Waals surface area (Å²) in [6.45, 7) is -0.484. The second-order valence-electron chi connectivity index (χ2n) is 7.40. The van der Waals surface area contributed by atoms with E-state index in [1.807, 2.05) is 0 Å². The summed E-state index contributed by atoms with van der Waals surface area (Å²) in [7, 11) is 0. The van der Waals surface area contributed by atoms with Crippen molar-refractivity contribution in [3.8, 4) is 5.75 Å². The summed E-state index contributed by atoms with van der Waals surface area (Å²) >= 11 is 0.653. The number of aliphatic hydroxyl groups excluding tert-OH is 1. The predicted molar refractivity (Wildman–Crippen MR) is 113 cm³/mol. The van der Waals surface area contributed by atoms with Crippen molar-refractivity contribution in [1.29, 1.82) is 0 Å². The first kappa shape index (κ1) is 29.5. The largest absolute Gasteiger partial charge is 0.506 e. The van der Waals surface area contributed by atoms with Crippen molar-refractivity contribution in [2.45, 2.75) is 34.6 Å². The summed E-state index contributed by atoms with van der Waals surface area (Å²) < 4.78 is 108. The zero-order chi connectivity index (χ0) is 29.3. The Kier molecular flexibility index (Phi) is 8.01. The fraction of sp³-hybridized carbons (Fsp3) is 0.263. The summed E-state index contributed by atoms with van der Waals surface area (Å²) in [6, 6.07) is 1.99. The van der Waals surface area contributed by atoms with Crippen molar-refractivity contribution in [2.75, 3.05) is 11.9 Å². The Morgan fingerprint density at radius 1 is 1.13 bits per heavy atom. The van der Waals surface area contributed by atoms with Gasteiger partial charge in [-0.15, -0.1) is 5.10 Å². The number of aliphatic hydroxyl groups is 1. The number of anilines is 1. The fourth-order valence-electron chi connectivity index (χ4n) is 2.94. The van der Waals surface area contributed by atoms with Gasteiger partial charge < -0.3 is 15.5 Å². The van der Waals surface area contributed by atoms with Gasteiger partial charge in [0.25, 0.3) is 11.6 Å². The summed E-state index contributed by atoms with van der Waals surface area (Å²) in [5.74, 6) is -17.7. The lowest BCUT2D eigenvalue weighted by molar-refractivity contribution is -0.384. The number of carbonyl (C=O) groups is 1. The molecule has 39 heavy (non-hydrogen) atoms. The predicted octanol–water partition coefficient (Wildman–Crippen LogP) is 4.11. The number of aromatic nitrogens is 4. The molecule has 0 bridgehead atoms. The molecule has 1 aromatic heterocycles. The lowest BCUT2D eigenvalue weighted by Gasteiger charge is -2.28. The highest BCUT2D eigenvalue weighted by Crippen LogP contribution is 2.52. The topological polar surface area (TPSA) is 156 Å². The number of halogens is 8. The number of hydrogen-bond acceptors (Lipinski definition) is 9. The third-order valence-electron chi connectivity index (χ3n) is 4.85. The number of non-ortho nitro benzene ring substituents is 1. The molecule has 3 N–H and O–H groups in total. The molecule has 0 atom stereocenters. The van der Waals surface area contributed by atoms with E-state index in [2.05, 4.69) is 15.5 Å². The Bertz CT molecular complexity index is 1390. The number of carbonyl (C=O) groups excluding carboxylic acids is 1. The number of phenolic OH excluding ortho intramolecular Hbond substituents is 1. The molecule has 1 amide bonds. The van der Waals surface area contributed by atoms with Crippen molar-refractivity contribution >= 4 is 29.0 Å². The number of phenols is 1. The van der Waals surface area contributed by atoms with Gasteiger partial charge in [0.05, 0.1) is 23.6 Å². The smallest absolute Gasteiger partial charge is 0.460 e. The number of nitro groups is 1. The van der Waals surface area contributed by atoms with Crippen LogP contribution in [0.1, 0.15) is 15.9 Å². The minimum Gasteiger partial charge on any atom is -0.506 e. The number of hydrogen-bond donors (Lipinski definition) is 3. The van der Waals surface area contributed by atoms with Crippen molar-refractivity contribution in [2.24, 2.45) is 0 Å². The second kappa shape index (κ2) is 10.6. The number of benzene rings is 2. The van der Waals surface area contributed by atoms with E-state index < -0.39 is 75.6 Å². The standard InChI is InChI=1S/C19H12F8N6O5S/c20-11-5-8(17(21,22)18(23,24)19(25,26)27)6-12(35)14(11)28-15(36)10-7-9(33(37)38)1-2-13(10)39-16-29-30-31-32(16)3-4-34/h1-2,5-7,34-35H,3-4H2,(H,28,36). The Hall–Kier alpha value is -4.07. The van der Waals surface area contributed by atoms with Gasteiger partial charge in [0.15, 0.2) is 5.82 Å². The number of rotatable bonds is 9. The maximum atomic E-state index is 14.6. The van der Waals surface area contributed by atoms with Crippen LogP contribution in [0.15, 0.2) is 40.4 Å². The minimum absolute atomic E-state index is 0.0156. The van der Waals surface area contributed by atoms with Gasteiger partial charge in [0.2, 0.25) is 5.16 Å². The maximum Gasteiger partial charge on any atom is 0.460 e. The molecule has 1 heterocycles. The lowest BCUT2D eigenvalue weighted by Crippen LogP contribution is -2.50. The Morgan fingerprint density at radius 2 is 1.79 bits per heavy atom. The van der Waals surface area contributed by atoms with Crippen LogP contribution in [-0.2, 0) is 12.5 Å². The highest BCUT2D eigenvalue weighted by molar-refractivity contribution is 7.99. The Morgan fingerprint density at radius 3 is 2.36 bits per heavy atom. The molecule has 3 rings (SSSR count). The molecular weight excluding hydrogens is 576 g/mol. The molecule has 0 aliphatic heterocycles. The van der Waals surface area contributed by atoms with Gasteiger partial charge in [-0.1, -0.05) is 0 Å². The van der Waals surface area contributed by atoms with E-state index in [9.17, 15) is 55.1 Å². The third-order valence-corrected chi connectivity index (χ3v) is 5.90. The molecule has 20 heteroatoms. The minimum atomic E-state index is -6.73. The van der Waals surface area contributed by atoms with Gasteiger partial charge in [0, 0.05) is 22.6 Å². The van der Waals surface area contributed by atoms with E-state index in [1.165, 1.54) is 0 Å². The molecule has 0 radical (unpaired) electrons. The SMILES string of the molecule is O=C(Nc1c(O)cc(C(F)(F)C(F)(F)C(F)(F)F)cc1F)c1cc([N+](=O)[O-])ccc1Sc1nnnn1CCO. The second-order valence-corrected chi connectivity index (χ2v) is 8.41. The van der Waals surface area contributed by atoms with Crippen molar-refractivity contribution in [3.63, 3.8) is 0 Å². The molecule has 0 saturated heterocycles. The van der Waals surface area contributed by atoms with E-state index in [1.54, 1.807) is 5.32 Å². The molecule has 0 aliphatic rings. The number of nitrogens with one attached hydrogen (secondary N) is 1. The van der Waals surface area contributed by atoms with Crippen LogP contribution in [0.4, 0.5) is 46.5 Å². The number of nitro benzene ring substituents is 1. The van der Waals surface area contributed by atoms with Crippen LogP contribution < -0.4 is 5.32 Å². The van der Waals surface area contributed by atoms with Crippen LogP contribution in [0, 0.1) is 15.9 Å². The Labute approximate surface area is 214 Å². The van der Waals surface area contributed by atoms with Gasteiger partial charge in [-0.3, -0.25) is 14.9 Å². The molecule has 3 aromatic rings. The van der Waals surface area contributed by atoms with Crippen molar-refractivity contribution < 1.29 is 55.1 Å². The van der Waals surface area contributed by atoms with Crippen LogP contribution in [0.2, 0.25) is 0 Å². The molecule has 0 saturated carbocycles. The summed E-state index contributed by atoms with van der Waals surface area (Å²) in [5.41, 5.74) is -4.76. The summed E-state index contributed by atoms with van der Waals surface area (Å²) in [4.78, 5) is 23.1. The van der Waals surface area contributed by atoms with Gasteiger partial charge in [-0.25, -0.2) is 9.07 Å². The normalized spacial score (nSPS) is 12.4. The first-order valence-corrected chi connectivity index (χ1v) is 10.8. The number of tetrazole rings is 1. The lowest BCUT2D eigenvalue weighted by atomic mass is 10.0.